The van der Waals surface area contributed by atoms with Gasteiger partial charge < -0.3 is 10.1 Å². The molecular formula is C13H18N4O. The molecular weight excluding hydrogens is 228 g/mol. The van der Waals surface area contributed by atoms with Crippen LogP contribution in [0.5, 0.6) is 5.75 Å². The van der Waals surface area contributed by atoms with Crippen molar-refractivity contribution in [2.24, 2.45) is 7.05 Å². The van der Waals surface area contributed by atoms with E-state index in [-0.39, 0.29) is 6.04 Å². The summed E-state index contributed by atoms with van der Waals surface area (Å²) in [6, 6.07) is 8.32. The monoisotopic (exact) mass is 246 g/mol. The molecule has 0 radical (unpaired) electrons. The zero-order chi connectivity index (χ0) is 13.0. The Labute approximate surface area is 107 Å². The average molecular weight is 246 g/mol. The third kappa shape index (κ3) is 2.87. The van der Waals surface area contributed by atoms with Crippen molar-refractivity contribution in [2.45, 2.75) is 19.5 Å². The van der Waals surface area contributed by atoms with E-state index >= 15 is 0 Å². The molecule has 1 atom stereocenters. The number of aromatic nitrogens is 3. The van der Waals surface area contributed by atoms with Gasteiger partial charge in [-0.15, -0.1) is 0 Å². The van der Waals surface area contributed by atoms with E-state index in [1.165, 1.54) is 5.56 Å². The lowest BCUT2D eigenvalue weighted by Crippen LogP contribution is -2.20. The van der Waals surface area contributed by atoms with E-state index in [0.717, 1.165) is 11.6 Å². The summed E-state index contributed by atoms with van der Waals surface area (Å²) in [7, 11) is 3.56. The highest BCUT2D eigenvalue weighted by Gasteiger charge is 2.07. The van der Waals surface area contributed by atoms with E-state index in [1.54, 1.807) is 18.1 Å². The van der Waals surface area contributed by atoms with Crippen LogP contribution >= 0.6 is 0 Å². The van der Waals surface area contributed by atoms with Crippen molar-refractivity contribution < 1.29 is 4.74 Å². The minimum Gasteiger partial charge on any atom is -0.497 e. The summed E-state index contributed by atoms with van der Waals surface area (Å²) in [6.07, 6.45) is 1.56. The van der Waals surface area contributed by atoms with Gasteiger partial charge in [0.05, 0.1) is 13.7 Å². The third-order valence-corrected chi connectivity index (χ3v) is 2.99. The predicted octanol–water partition coefficient (Wildman–Crippen LogP) is 1.67. The molecule has 18 heavy (non-hydrogen) atoms. The average Bonchev–Trinajstić information content (AvgIpc) is 2.81. The zero-order valence-electron chi connectivity index (χ0n) is 10.9. The summed E-state index contributed by atoms with van der Waals surface area (Å²) in [4.78, 5) is 4.18. The molecule has 0 saturated carbocycles. The molecule has 0 aliphatic carbocycles. The first-order chi connectivity index (χ1) is 8.70. The molecule has 0 aliphatic heterocycles. The highest BCUT2D eigenvalue weighted by atomic mass is 16.5. The van der Waals surface area contributed by atoms with Gasteiger partial charge in [0, 0.05) is 13.1 Å². The molecule has 0 bridgehead atoms. The molecule has 0 fully saturated rings. The maximum Gasteiger partial charge on any atom is 0.140 e. The number of hydrogen-bond acceptors (Lipinski definition) is 4. The standard InChI is InChI=1S/C13H18N4O/c1-10(11-4-6-12(18-3)7-5-11)14-8-13-15-9-16-17(13)2/h4-7,9-10,14H,8H2,1-3H3/t10-/m0/s1. The Balaban J connectivity index is 1.94. The fraction of sp³-hybridized carbons (Fsp3) is 0.385. The van der Waals surface area contributed by atoms with E-state index in [4.69, 9.17) is 4.74 Å². The Hall–Kier alpha value is -1.88. The van der Waals surface area contributed by atoms with E-state index in [0.29, 0.717) is 6.54 Å². The second-order valence-corrected chi connectivity index (χ2v) is 4.18. The number of aryl methyl sites for hydroxylation is 1. The van der Waals surface area contributed by atoms with Gasteiger partial charge in [-0.05, 0) is 24.6 Å². The van der Waals surface area contributed by atoms with Crippen LogP contribution in [0, 0.1) is 0 Å². The SMILES string of the molecule is COc1ccc([C@H](C)NCc2ncnn2C)cc1. The Morgan fingerprint density at radius 2 is 2.06 bits per heavy atom. The normalized spacial score (nSPS) is 12.4. The largest absolute Gasteiger partial charge is 0.497 e. The molecule has 2 rings (SSSR count). The van der Waals surface area contributed by atoms with Crippen LogP contribution in [-0.2, 0) is 13.6 Å². The van der Waals surface area contributed by atoms with Crippen molar-refractivity contribution in [3.63, 3.8) is 0 Å². The van der Waals surface area contributed by atoms with E-state index < -0.39 is 0 Å². The van der Waals surface area contributed by atoms with Gasteiger partial charge in [-0.25, -0.2) is 4.98 Å². The van der Waals surface area contributed by atoms with Crippen LogP contribution in [0.15, 0.2) is 30.6 Å². The Kier molecular flexibility index (Phi) is 3.94. The number of ether oxygens (including phenoxy) is 1. The number of nitrogens with one attached hydrogen (secondary N) is 1. The molecule has 2 aromatic rings. The maximum atomic E-state index is 5.14. The molecule has 0 spiro atoms. The molecule has 1 aromatic heterocycles. The predicted molar refractivity (Wildman–Crippen MR) is 69.3 cm³/mol. The molecule has 1 aromatic carbocycles. The lowest BCUT2D eigenvalue weighted by atomic mass is 10.1. The van der Waals surface area contributed by atoms with E-state index in [2.05, 4.69) is 34.5 Å². The van der Waals surface area contributed by atoms with Gasteiger partial charge in [0.1, 0.15) is 17.9 Å². The highest BCUT2D eigenvalue weighted by Crippen LogP contribution is 2.17. The van der Waals surface area contributed by atoms with Crippen LogP contribution in [0.4, 0.5) is 0 Å². The topological polar surface area (TPSA) is 52.0 Å². The van der Waals surface area contributed by atoms with Crippen molar-refractivity contribution in [2.75, 3.05) is 7.11 Å². The van der Waals surface area contributed by atoms with Crippen LogP contribution < -0.4 is 10.1 Å². The lowest BCUT2D eigenvalue weighted by Gasteiger charge is -2.14. The van der Waals surface area contributed by atoms with Crippen LogP contribution in [0.2, 0.25) is 0 Å². The Morgan fingerprint density at radius 1 is 1.33 bits per heavy atom. The summed E-state index contributed by atoms with van der Waals surface area (Å²) in [5.41, 5.74) is 1.22. The molecule has 5 heteroatoms. The van der Waals surface area contributed by atoms with Gasteiger partial charge in [-0.1, -0.05) is 12.1 Å². The van der Waals surface area contributed by atoms with Crippen LogP contribution in [0.3, 0.4) is 0 Å². The van der Waals surface area contributed by atoms with Gasteiger partial charge in [-0.2, -0.15) is 5.10 Å². The van der Waals surface area contributed by atoms with Gasteiger partial charge in [0.15, 0.2) is 0 Å². The van der Waals surface area contributed by atoms with Crippen molar-refractivity contribution in [1.82, 2.24) is 20.1 Å². The Bertz CT molecular complexity index is 492. The summed E-state index contributed by atoms with van der Waals surface area (Å²) >= 11 is 0. The van der Waals surface area contributed by atoms with Crippen molar-refractivity contribution in [3.8, 4) is 5.75 Å². The molecule has 0 saturated heterocycles. The van der Waals surface area contributed by atoms with Gasteiger partial charge in [0.25, 0.3) is 0 Å². The van der Waals surface area contributed by atoms with E-state index in [9.17, 15) is 0 Å². The molecule has 96 valence electrons. The maximum absolute atomic E-state index is 5.14. The van der Waals surface area contributed by atoms with Gasteiger partial charge in [0.2, 0.25) is 0 Å². The number of hydrogen-bond donors (Lipinski definition) is 1. The third-order valence-electron chi connectivity index (χ3n) is 2.99. The van der Waals surface area contributed by atoms with Crippen molar-refractivity contribution >= 4 is 0 Å². The van der Waals surface area contributed by atoms with Crippen LogP contribution in [0.25, 0.3) is 0 Å². The summed E-state index contributed by atoms with van der Waals surface area (Å²) in [5.74, 6) is 1.80. The van der Waals surface area contributed by atoms with Crippen molar-refractivity contribution in [3.05, 3.63) is 42.0 Å². The van der Waals surface area contributed by atoms with Crippen molar-refractivity contribution in [1.29, 1.82) is 0 Å². The number of methoxy groups -OCH3 is 1. The van der Waals surface area contributed by atoms with Crippen LogP contribution in [-0.4, -0.2) is 21.9 Å². The first-order valence-corrected chi connectivity index (χ1v) is 5.91. The summed E-state index contributed by atoms with van der Waals surface area (Å²) < 4.78 is 6.91. The van der Waals surface area contributed by atoms with Gasteiger partial charge >= 0.3 is 0 Å². The second-order valence-electron chi connectivity index (χ2n) is 4.18. The number of rotatable bonds is 5. The molecule has 0 aliphatic rings. The first kappa shape index (κ1) is 12.6. The highest BCUT2D eigenvalue weighted by molar-refractivity contribution is 5.28. The molecule has 5 nitrogen and oxygen atoms in total. The summed E-state index contributed by atoms with van der Waals surface area (Å²) in [5, 5.41) is 7.45. The molecule has 1 heterocycles. The van der Waals surface area contributed by atoms with Gasteiger partial charge in [-0.3, -0.25) is 4.68 Å². The van der Waals surface area contributed by atoms with Crippen LogP contribution in [0.1, 0.15) is 24.4 Å². The molecule has 0 amide bonds. The fourth-order valence-corrected chi connectivity index (χ4v) is 1.73. The smallest absolute Gasteiger partial charge is 0.140 e. The van der Waals surface area contributed by atoms with E-state index in [1.807, 2.05) is 19.2 Å². The minimum atomic E-state index is 0.257. The lowest BCUT2D eigenvalue weighted by molar-refractivity contribution is 0.414. The fourth-order valence-electron chi connectivity index (χ4n) is 1.73. The first-order valence-electron chi connectivity index (χ1n) is 5.91. The Morgan fingerprint density at radius 3 is 2.61 bits per heavy atom. The quantitative estimate of drug-likeness (QED) is 0.872. The molecule has 0 unspecified atom stereocenters. The second kappa shape index (κ2) is 5.64. The number of benzene rings is 1. The summed E-state index contributed by atoms with van der Waals surface area (Å²) in [6.45, 7) is 2.82. The zero-order valence-corrected chi connectivity index (χ0v) is 10.9. The number of nitrogens with zero attached hydrogens (tertiary/aromatic N) is 3. The molecule has 1 N–H and O–H groups in total. The minimum absolute atomic E-state index is 0.257.